The number of nitrogens with zero attached hydrogens (tertiary/aromatic N) is 3. The average Bonchev–Trinajstić information content (AvgIpc) is 3.13. The van der Waals surface area contributed by atoms with E-state index in [0.29, 0.717) is 24.8 Å². The lowest BCUT2D eigenvalue weighted by atomic mass is 10.1. The van der Waals surface area contributed by atoms with Crippen LogP contribution in [0.4, 0.5) is 0 Å². The van der Waals surface area contributed by atoms with Crippen molar-refractivity contribution in [2.75, 3.05) is 20.2 Å². The van der Waals surface area contributed by atoms with Crippen LogP contribution in [0, 0.1) is 6.92 Å². The van der Waals surface area contributed by atoms with E-state index in [2.05, 4.69) is 10.1 Å². The van der Waals surface area contributed by atoms with Crippen LogP contribution in [0.5, 0.6) is 5.75 Å². The maximum Gasteiger partial charge on any atom is 0.254 e. The number of amides is 1. The number of ether oxygens (including phenoxy) is 2. The van der Waals surface area contributed by atoms with E-state index in [-0.39, 0.29) is 18.6 Å². The summed E-state index contributed by atoms with van der Waals surface area (Å²) in [4.78, 5) is 18.5. The SMILES string of the molecule is COCc1nc(-c2ccc(OC3CN(C(=O)c4cccc(C)c4)C3)cc2)no1. The second-order valence-corrected chi connectivity index (χ2v) is 6.79. The van der Waals surface area contributed by atoms with Gasteiger partial charge in [0.2, 0.25) is 5.82 Å². The minimum absolute atomic E-state index is 0.00177. The summed E-state index contributed by atoms with van der Waals surface area (Å²) in [5.74, 6) is 1.74. The number of hydrogen-bond acceptors (Lipinski definition) is 6. The number of carbonyl (C=O) groups excluding carboxylic acids is 1. The molecular formula is C21H21N3O4. The van der Waals surface area contributed by atoms with Gasteiger partial charge in [-0.05, 0) is 43.3 Å². The molecule has 4 rings (SSSR count). The number of methoxy groups -OCH3 is 1. The molecular weight excluding hydrogens is 358 g/mol. The Morgan fingerprint density at radius 1 is 1.21 bits per heavy atom. The number of likely N-dealkylation sites (tertiary alicyclic amines) is 1. The molecule has 7 nitrogen and oxygen atoms in total. The van der Waals surface area contributed by atoms with E-state index in [1.54, 1.807) is 12.0 Å². The highest BCUT2D eigenvalue weighted by atomic mass is 16.5. The number of aryl methyl sites for hydroxylation is 1. The quantitative estimate of drug-likeness (QED) is 0.655. The maximum atomic E-state index is 12.5. The van der Waals surface area contributed by atoms with Gasteiger partial charge in [0.05, 0.1) is 13.1 Å². The van der Waals surface area contributed by atoms with Crippen LogP contribution < -0.4 is 4.74 Å². The minimum atomic E-state index is -0.00177. The fourth-order valence-electron chi connectivity index (χ4n) is 3.07. The van der Waals surface area contributed by atoms with Gasteiger partial charge in [-0.3, -0.25) is 4.79 Å². The molecule has 0 N–H and O–H groups in total. The van der Waals surface area contributed by atoms with Crippen LogP contribution in [0.15, 0.2) is 53.1 Å². The smallest absolute Gasteiger partial charge is 0.254 e. The number of rotatable bonds is 6. The Bertz CT molecular complexity index is 962. The van der Waals surface area contributed by atoms with Gasteiger partial charge >= 0.3 is 0 Å². The maximum absolute atomic E-state index is 12.5. The zero-order valence-electron chi connectivity index (χ0n) is 15.8. The molecule has 0 radical (unpaired) electrons. The first-order valence-electron chi connectivity index (χ1n) is 9.07. The van der Waals surface area contributed by atoms with Gasteiger partial charge in [-0.15, -0.1) is 0 Å². The molecule has 1 amide bonds. The Labute approximate surface area is 162 Å². The topological polar surface area (TPSA) is 77.7 Å². The molecule has 2 aromatic carbocycles. The fourth-order valence-corrected chi connectivity index (χ4v) is 3.07. The summed E-state index contributed by atoms with van der Waals surface area (Å²) in [6.45, 7) is 3.43. The Kier molecular flexibility index (Phi) is 5.08. The van der Waals surface area contributed by atoms with Crippen molar-refractivity contribution in [3.05, 3.63) is 65.5 Å². The van der Waals surface area contributed by atoms with Crippen molar-refractivity contribution in [2.45, 2.75) is 19.6 Å². The third kappa shape index (κ3) is 3.89. The molecule has 0 bridgehead atoms. The molecule has 1 aliphatic heterocycles. The summed E-state index contributed by atoms with van der Waals surface area (Å²) in [5, 5.41) is 3.94. The number of hydrogen-bond donors (Lipinski definition) is 0. The highest BCUT2D eigenvalue weighted by Gasteiger charge is 2.32. The number of aromatic nitrogens is 2. The van der Waals surface area contributed by atoms with Crippen molar-refractivity contribution in [3.63, 3.8) is 0 Å². The summed E-state index contributed by atoms with van der Waals surface area (Å²) in [6.07, 6.45) is -0.00177. The molecule has 0 saturated carbocycles. The lowest BCUT2D eigenvalue weighted by molar-refractivity contribution is 0.0178. The van der Waals surface area contributed by atoms with Gasteiger partial charge in [0, 0.05) is 18.2 Å². The van der Waals surface area contributed by atoms with Gasteiger partial charge in [0.15, 0.2) is 0 Å². The molecule has 1 aromatic heterocycles. The van der Waals surface area contributed by atoms with E-state index < -0.39 is 0 Å². The molecule has 1 fully saturated rings. The lowest BCUT2D eigenvalue weighted by Gasteiger charge is -2.39. The van der Waals surface area contributed by atoms with Crippen LogP contribution >= 0.6 is 0 Å². The van der Waals surface area contributed by atoms with Crippen LogP contribution in [0.3, 0.4) is 0 Å². The van der Waals surface area contributed by atoms with Crippen LogP contribution in [0.25, 0.3) is 11.4 Å². The van der Waals surface area contributed by atoms with Crippen LogP contribution in [0.1, 0.15) is 21.8 Å². The van der Waals surface area contributed by atoms with Crippen molar-refractivity contribution in [1.29, 1.82) is 0 Å². The van der Waals surface area contributed by atoms with Gasteiger partial charge in [-0.2, -0.15) is 4.98 Å². The summed E-state index contributed by atoms with van der Waals surface area (Å²) in [7, 11) is 1.58. The first-order valence-corrected chi connectivity index (χ1v) is 9.07. The molecule has 0 unspecified atom stereocenters. The Hall–Kier alpha value is -3.19. The largest absolute Gasteiger partial charge is 0.487 e. The van der Waals surface area contributed by atoms with E-state index in [4.69, 9.17) is 14.0 Å². The third-order valence-electron chi connectivity index (χ3n) is 4.55. The van der Waals surface area contributed by atoms with Crippen molar-refractivity contribution in [1.82, 2.24) is 15.0 Å². The van der Waals surface area contributed by atoms with Crippen molar-refractivity contribution >= 4 is 5.91 Å². The summed E-state index contributed by atoms with van der Waals surface area (Å²) in [6, 6.07) is 15.1. The highest BCUT2D eigenvalue weighted by molar-refractivity contribution is 5.95. The van der Waals surface area contributed by atoms with Gasteiger partial charge in [-0.25, -0.2) is 0 Å². The van der Waals surface area contributed by atoms with E-state index in [9.17, 15) is 4.79 Å². The van der Waals surface area contributed by atoms with Crippen molar-refractivity contribution in [3.8, 4) is 17.1 Å². The lowest BCUT2D eigenvalue weighted by Crippen LogP contribution is -2.56. The Morgan fingerprint density at radius 2 is 2.00 bits per heavy atom. The van der Waals surface area contributed by atoms with Crippen LogP contribution in [-0.4, -0.2) is 47.3 Å². The average molecular weight is 379 g/mol. The highest BCUT2D eigenvalue weighted by Crippen LogP contribution is 2.23. The van der Waals surface area contributed by atoms with Gasteiger partial charge < -0.3 is 18.9 Å². The molecule has 144 valence electrons. The third-order valence-corrected chi connectivity index (χ3v) is 4.55. The standard InChI is InChI=1S/C21H21N3O4/c1-14-4-3-5-16(10-14)21(25)24-11-18(12-24)27-17-8-6-15(7-9-17)20-22-19(13-26-2)28-23-20/h3-10,18H,11-13H2,1-2H3. The van der Waals surface area contributed by atoms with E-state index in [1.165, 1.54) is 0 Å². The van der Waals surface area contributed by atoms with E-state index in [0.717, 1.165) is 22.4 Å². The summed E-state index contributed by atoms with van der Waals surface area (Å²) < 4.78 is 16.0. The normalized spacial score (nSPS) is 14.0. The fraction of sp³-hybridized carbons (Fsp3) is 0.286. The van der Waals surface area contributed by atoms with Gasteiger partial charge in [0.25, 0.3) is 11.8 Å². The molecule has 1 aliphatic rings. The summed E-state index contributed by atoms with van der Waals surface area (Å²) >= 11 is 0. The van der Waals surface area contributed by atoms with Crippen LogP contribution in [0.2, 0.25) is 0 Å². The molecule has 1 saturated heterocycles. The molecule has 0 atom stereocenters. The van der Waals surface area contributed by atoms with Gasteiger partial charge in [-0.1, -0.05) is 22.9 Å². The molecule has 0 spiro atoms. The number of carbonyl (C=O) groups is 1. The number of benzene rings is 2. The first kappa shape index (κ1) is 18.2. The molecule has 28 heavy (non-hydrogen) atoms. The second-order valence-electron chi connectivity index (χ2n) is 6.79. The van der Waals surface area contributed by atoms with E-state index >= 15 is 0 Å². The zero-order chi connectivity index (χ0) is 19.5. The Balaban J connectivity index is 1.31. The van der Waals surface area contributed by atoms with E-state index in [1.807, 2.05) is 55.5 Å². The van der Waals surface area contributed by atoms with Crippen molar-refractivity contribution in [2.24, 2.45) is 0 Å². The van der Waals surface area contributed by atoms with Crippen LogP contribution in [-0.2, 0) is 11.3 Å². The monoisotopic (exact) mass is 379 g/mol. The molecule has 7 heteroatoms. The first-order chi connectivity index (χ1) is 13.6. The summed E-state index contributed by atoms with van der Waals surface area (Å²) in [5.41, 5.74) is 2.63. The molecule has 0 aliphatic carbocycles. The Morgan fingerprint density at radius 3 is 2.71 bits per heavy atom. The van der Waals surface area contributed by atoms with Crippen molar-refractivity contribution < 1.29 is 18.8 Å². The minimum Gasteiger partial charge on any atom is -0.487 e. The predicted molar refractivity (Wildman–Crippen MR) is 102 cm³/mol. The molecule has 3 aromatic rings. The predicted octanol–water partition coefficient (Wildman–Crippen LogP) is 3.09. The zero-order valence-corrected chi connectivity index (χ0v) is 15.8. The van der Waals surface area contributed by atoms with Gasteiger partial charge in [0.1, 0.15) is 18.5 Å². The molecule has 2 heterocycles. The second kappa shape index (κ2) is 7.82.